The van der Waals surface area contributed by atoms with Crippen molar-refractivity contribution in [1.82, 2.24) is 31.0 Å². The number of piperidine rings is 1. The summed E-state index contributed by atoms with van der Waals surface area (Å²) >= 11 is 0. The first-order chi connectivity index (χ1) is 18.6. The number of hydrogen-bond acceptors (Lipinski definition) is 6. The Morgan fingerprint density at radius 2 is 2.03 bits per heavy atom. The molecule has 0 radical (unpaired) electrons. The summed E-state index contributed by atoms with van der Waals surface area (Å²) < 4.78 is 5.57. The zero-order valence-corrected chi connectivity index (χ0v) is 22.2. The molecule has 1 aromatic heterocycles. The van der Waals surface area contributed by atoms with E-state index in [1.54, 1.807) is 7.11 Å². The molecule has 1 unspecified atom stereocenters. The maximum atomic E-state index is 13.4. The van der Waals surface area contributed by atoms with Gasteiger partial charge in [0.05, 0.1) is 13.2 Å². The zero-order valence-electron chi connectivity index (χ0n) is 22.2. The molecule has 4 heterocycles. The quantitative estimate of drug-likeness (QED) is 0.479. The molecule has 3 aliphatic rings. The average molecular weight is 513 g/mol. The van der Waals surface area contributed by atoms with Gasteiger partial charge in [0.25, 0.3) is 0 Å². The molecule has 2 atom stereocenters. The number of hydrazine groups is 1. The van der Waals surface area contributed by atoms with Gasteiger partial charge in [0, 0.05) is 61.6 Å². The molecule has 3 aromatic rings. The number of aromatic nitrogens is 1. The van der Waals surface area contributed by atoms with E-state index in [-0.39, 0.29) is 18.1 Å². The number of urea groups is 1. The summed E-state index contributed by atoms with van der Waals surface area (Å²) in [6.07, 6.45) is 4.76. The highest BCUT2D eigenvalue weighted by Gasteiger charge is 2.33. The van der Waals surface area contributed by atoms with Gasteiger partial charge in [-0.25, -0.2) is 10.2 Å². The molecule has 0 spiro atoms. The van der Waals surface area contributed by atoms with Crippen molar-refractivity contribution in [3.05, 3.63) is 82.8 Å². The number of likely N-dealkylation sites (tertiary alicyclic amines) is 1. The van der Waals surface area contributed by atoms with Crippen molar-refractivity contribution in [3.8, 4) is 5.75 Å². The average Bonchev–Trinajstić information content (AvgIpc) is 3.37. The van der Waals surface area contributed by atoms with E-state index < -0.39 is 0 Å². The summed E-state index contributed by atoms with van der Waals surface area (Å²) in [5, 5.41) is 5.73. The maximum absolute atomic E-state index is 13.4. The van der Waals surface area contributed by atoms with Gasteiger partial charge in [0.15, 0.2) is 0 Å². The number of pyridine rings is 1. The summed E-state index contributed by atoms with van der Waals surface area (Å²) in [6, 6.07) is 17.1. The van der Waals surface area contributed by atoms with Crippen LogP contribution in [0.5, 0.6) is 5.75 Å². The monoisotopic (exact) mass is 512 g/mol. The summed E-state index contributed by atoms with van der Waals surface area (Å²) in [5.41, 5.74) is 12.7. The number of nitrogens with one attached hydrogen (secondary N) is 3. The van der Waals surface area contributed by atoms with Gasteiger partial charge in [-0.15, -0.1) is 0 Å². The lowest BCUT2D eigenvalue weighted by atomic mass is 9.95. The number of aryl methyl sites for hydroxylation is 1. The number of methoxy groups -OCH3 is 1. The smallest absolute Gasteiger partial charge is 0.317 e. The fourth-order valence-corrected chi connectivity index (χ4v) is 6.12. The number of hydrogen-bond donors (Lipinski definition) is 3. The van der Waals surface area contributed by atoms with Gasteiger partial charge < -0.3 is 20.4 Å². The minimum atomic E-state index is 0.0369. The predicted molar refractivity (Wildman–Crippen MR) is 149 cm³/mol. The van der Waals surface area contributed by atoms with Crippen molar-refractivity contribution in [1.29, 1.82) is 0 Å². The molecule has 8 nitrogen and oxygen atoms in total. The highest BCUT2D eigenvalue weighted by atomic mass is 16.5. The molecule has 3 N–H and O–H groups in total. The first-order valence-corrected chi connectivity index (χ1v) is 13.6. The second kappa shape index (κ2) is 10.6. The molecule has 8 heteroatoms. The largest absolute Gasteiger partial charge is 0.496 e. The van der Waals surface area contributed by atoms with E-state index in [0.717, 1.165) is 62.3 Å². The first-order valence-electron chi connectivity index (χ1n) is 13.6. The molecule has 2 amide bonds. The molecular weight excluding hydrogens is 476 g/mol. The van der Waals surface area contributed by atoms with Crippen LogP contribution in [0.1, 0.15) is 42.1 Å². The Bertz CT molecular complexity index is 1370. The third-order valence-electron chi connectivity index (χ3n) is 8.06. The molecule has 1 saturated heterocycles. The van der Waals surface area contributed by atoms with Crippen molar-refractivity contribution in [3.63, 3.8) is 0 Å². The van der Waals surface area contributed by atoms with Crippen molar-refractivity contribution in [2.45, 2.75) is 44.8 Å². The Morgan fingerprint density at radius 1 is 1.16 bits per heavy atom. The lowest BCUT2D eigenvalue weighted by Gasteiger charge is -2.36. The van der Waals surface area contributed by atoms with Gasteiger partial charge >= 0.3 is 6.03 Å². The van der Waals surface area contributed by atoms with Gasteiger partial charge in [-0.05, 0) is 66.6 Å². The highest BCUT2D eigenvalue weighted by molar-refractivity contribution is 5.91. The summed E-state index contributed by atoms with van der Waals surface area (Å²) in [6.45, 7) is 6.11. The van der Waals surface area contributed by atoms with Crippen LogP contribution < -0.4 is 20.9 Å². The molecule has 1 fully saturated rings. The Labute approximate surface area is 224 Å². The minimum Gasteiger partial charge on any atom is -0.496 e. The van der Waals surface area contributed by atoms with Crippen molar-refractivity contribution in [2.75, 3.05) is 33.3 Å². The molecule has 198 valence electrons. The van der Waals surface area contributed by atoms with Crippen LogP contribution in [-0.2, 0) is 6.54 Å². The van der Waals surface area contributed by atoms with Gasteiger partial charge in [0.2, 0.25) is 0 Å². The third-order valence-corrected chi connectivity index (χ3v) is 8.06. The van der Waals surface area contributed by atoms with Crippen LogP contribution in [0.25, 0.3) is 10.8 Å². The summed E-state index contributed by atoms with van der Waals surface area (Å²) in [5.74, 6) is 0.905. The molecule has 0 saturated carbocycles. The lowest BCUT2D eigenvalue weighted by molar-refractivity contribution is 0.164. The maximum Gasteiger partial charge on any atom is 0.317 e. The van der Waals surface area contributed by atoms with Crippen LogP contribution in [0.3, 0.4) is 0 Å². The van der Waals surface area contributed by atoms with Gasteiger partial charge in [-0.3, -0.25) is 9.88 Å². The normalized spacial score (nSPS) is 21.8. The van der Waals surface area contributed by atoms with Gasteiger partial charge in [-0.2, -0.15) is 0 Å². The van der Waals surface area contributed by atoms with Crippen LogP contribution in [0, 0.1) is 6.92 Å². The zero-order chi connectivity index (χ0) is 26.1. The van der Waals surface area contributed by atoms with Gasteiger partial charge in [0.1, 0.15) is 5.75 Å². The number of fused-ring (bicyclic) bond motifs is 1. The second-order valence-electron chi connectivity index (χ2n) is 10.6. The molecule has 2 aromatic carbocycles. The Balaban J connectivity index is 1.09. The number of carbonyl (C=O) groups excluding carboxylic acids is 1. The lowest BCUT2D eigenvalue weighted by Crippen LogP contribution is -2.52. The van der Waals surface area contributed by atoms with Crippen LogP contribution in [0.15, 0.2) is 66.0 Å². The Kier molecular flexibility index (Phi) is 6.91. The number of amides is 2. The van der Waals surface area contributed by atoms with Crippen LogP contribution in [0.2, 0.25) is 0 Å². The van der Waals surface area contributed by atoms with E-state index in [2.05, 4.69) is 68.5 Å². The topological polar surface area (TPSA) is 81.8 Å². The number of nitrogens with zero attached hydrogens (tertiary/aromatic N) is 3. The van der Waals surface area contributed by atoms with Crippen molar-refractivity contribution in [2.24, 2.45) is 0 Å². The molecule has 6 rings (SSSR count). The summed E-state index contributed by atoms with van der Waals surface area (Å²) in [7, 11) is 1.72. The molecule has 3 aliphatic heterocycles. The van der Waals surface area contributed by atoms with E-state index in [9.17, 15) is 4.79 Å². The van der Waals surface area contributed by atoms with Crippen LogP contribution in [-0.4, -0.2) is 60.1 Å². The second-order valence-corrected chi connectivity index (χ2v) is 10.6. The SMILES string of the molecule is COc1ccc(CN2CCC[C@@H](NC(=O)N3CCC4=C(C3)C(c3ccnc(C)c3)NN4)C2)c2ccccc12. The number of carbonyl (C=O) groups is 1. The van der Waals surface area contributed by atoms with E-state index in [1.807, 2.05) is 24.1 Å². The standard InChI is InChI=1S/C30H36N6O2/c1-20-16-21(11-13-31-20)29-26-19-36(15-12-27(26)33-34-29)30(37)32-23-6-5-14-35(18-23)17-22-9-10-28(38-2)25-8-4-3-7-24(22)25/h3-4,7-11,13,16,23,29,33-34H,5-6,12,14-15,17-19H2,1-2H3,(H,32,37)/t23-,29?/m1/s1. The number of rotatable bonds is 5. The van der Waals surface area contributed by atoms with E-state index in [0.29, 0.717) is 6.54 Å². The van der Waals surface area contributed by atoms with Crippen molar-refractivity contribution >= 4 is 16.8 Å². The fraction of sp³-hybridized carbons (Fsp3) is 0.400. The number of benzene rings is 2. The van der Waals surface area contributed by atoms with Gasteiger partial charge in [-0.1, -0.05) is 30.3 Å². The van der Waals surface area contributed by atoms with Crippen LogP contribution >= 0.6 is 0 Å². The first kappa shape index (κ1) is 24.7. The van der Waals surface area contributed by atoms with Crippen LogP contribution in [0.4, 0.5) is 4.79 Å². The van der Waals surface area contributed by atoms with E-state index in [4.69, 9.17) is 4.74 Å². The third kappa shape index (κ3) is 4.93. The Hall–Kier alpha value is -3.62. The van der Waals surface area contributed by atoms with E-state index >= 15 is 0 Å². The molecule has 0 bridgehead atoms. The molecule has 38 heavy (non-hydrogen) atoms. The summed E-state index contributed by atoms with van der Waals surface area (Å²) in [4.78, 5) is 22.1. The minimum absolute atomic E-state index is 0.0369. The molecule has 0 aliphatic carbocycles. The fourth-order valence-electron chi connectivity index (χ4n) is 6.12. The predicted octanol–water partition coefficient (Wildman–Crippen LogP) is 4.03. The van der Waals surface area contributed by atoms with Crippen molar-refractivity contribution < 1.29 is 9.53 Å². The Morgan fingerprint density at radius 3 is 2.87 bits per heavy atom. The van der Waals surface area contributed by atoms with E-state index in [1.165, 1.54) is 27.8 Å². The highest BCUT2D eigenvalue weighted by Crippen LogP contribution is 2.33. The molecular formula is C30H36N6O2. The number of ether oxygens (including phenoxy) is 1.